The average Bonchev–Trinajstić information content (AvgIpc) is 3.39. The van der Waals surface area contributed by atoms with Crippen LogP contribution >= 0.6 is 0 Å². The molecule has 130 valence electrons. The number of anilines is 2. The highest BCUT2D eigenvalue weighted by molar-refractivity contribution is 7.93. The highest BCUT2D eigenvalue weighted by Crippen LogP contribution is 2.31. The smallest absolute Gasteiger partial charge is 0.357 e. The summed E-state index contributed by atoms with van der Waals surface area (Å²) in [5.74, 6) is -0.692. The van der Waals surface area contributed by atoms with Crippen LogP contribution in [0.4, 0.5) is 11.4 Å². The van der Waals surface area contributed by atoms with Crippen LogP contribution in [0.3, 0.4) is 0 Å². The molecule has 1 aromatic heterocycles. The van der Waals surface area contributed by atoms with Gasteiger partial charge in [0.1, 0.15) is 6.07 Å². The number of nitrogens with two attached hydrogens (primary N) is 1. The van der Waals surface area contributed by atoms with Crippen molar-refractivity contribution in [3.63, 3.8) is 0 Å². The normalized spacial score (nSPS) is 13.9. The average molecular weight is 360 g/mol. The number of rotatable bonds is 5. The number of nitrogen functional groups attached to an aromatic ring is 1. The lowest BCUT2D eigenvalue weighted by molar-refractivity contribution is 0.0593. The fourth-order valence-electron chi connectivity index (χ4n) is 2.46. The Hall–Kier alpha value is -2.99. The molecule has 0 unspecified atom stereocenters. The zero-order chi connectivity index (χ0) is 18.2. The summed E-state index contributed by atoms with van der Waals surface area (Å²) in [6.45, 7) is 0. The monoisotopic (exact) mass is 360 g/mol. The predicted octanol–water partition coefficient (Wildman–Crippen LogP) is 1.62. The number of ether oxygens (including phenoxy) is 1. The molecule has 1 aliphatic rings. The molecule has 0 bridgehead atoms. The summed E-state index contributed by atoms with van der Waals surface area (Å²) in [6.07, 6.45) is 2.72. The molecule has 8 nitrogen and oxygen atoms in total. The van der Waals surface area contributed by atoms with Crippen molar-refractivity contribution < 1.29 is 17.9 Å². The van der Waals surface area contributed by atoms with Crippen molar-refractivity contribution in [1.29, 1.82) is 5.26 Å². The number of carbonyl (C=O) groups excluding carboxylic acids is 1. The molecule has 0 saturated heterocycles. The third kappa shape index (κ3) is 3.16. The van der Waals surface area contributed by atoms with Gasteiger partial charge in [0.2, 0.25) is 10.0 Å². The van der Waals surface area contributed by atoms with Gasteiger partial charge in [0.15, 0.2) is 5.69 Å². The van der Waals surface area contributed by atoms with Crippen LogP contribution in [0.15, 0.2) is 30.5 Å². The van der Waals surface area contributed by atoms with Crippen molar-refractivity contribution in [1.82, 2.24) is 4.57 Å². The quantitative estimate of drug-likeness (QED) is 0.780. The minimum absolute atomic E-state index is 0.0123. The number of hydrogen-bond donors (Lipinski definition) is 2. The zero-order valence-corrected chi connectivity index (χ0v) is 14.2. The number of aromatic nitrogens is 1. The highest BCUT2D eigenvalue weighted by Gasteiger charge is 2.35. The van der Waals surface area contributed by atoms with Crippen molar-refractivity contribution in [3.8, 4) is 11.8 Å². The zero-order valence-electron chi connectivity index (χ0n) is 13.4. The van der Waals surface area contributed by atoms with E-state index in [-0.39, 0.29) is 22.2 Å². The van der Waals surface area contributed by atoms with E-state index >= 15 is 0 Å². The molecule has 1 aliphatic carbocycles. The molecule has 0 radical (unpaired) electrons. The number of methoxy groups -OCH3 is 1. The van der Waals surface area contributed by atoms with Crippen molar-refractivity contribution in [2.75, 3.05) is 17.6 Å². The molecule has 1 heterocycles. The van der Waals surface area contributed by atoms with E-state index in [1.54, 1.807) is 24.3 Å². The summed E-state index contributed by atoms with van der Waals surface area (Å²) in [5, 5.41) is 8.79. The number of nitrogens with zero attached hydrogens (tertiary/aromatic N) is 2. The van der Waals surface area contributed by atoms with Crippen LogP contribution in [-0.2, 0) is 14.8 Å². The molecule has 1 fully saturated rings. The van der Waals surface area contributed by atoms with Crippen LogP contribution in [-0.4, -0.2) is 31.3 Å². The van der Waals surface area contributed by atoms with E-state index < -0.39 is 16.0 Å². The van der Waals surface area contributed by atoms with E-state index in [1.165, 1.54) is 17.9 Å². The third-order valence-corrected chi connectivity index (χ3v) is 5.76. The summed E-state index contributed by atoms with van der Waals surface area (Å²) in [7, 11) is -2.19. The van der Waals surface area contributed by atoms with E-state index in [1.807, 2.05) is 6.07 Å². The minimum Gasteiger partial charge on any atom is -0.464 e. The number of sulfonamides is 1. The molecule has 1 aromatic carbocycles. The van der Waals surface area contributed by atoms with Crippen molar-refractivity contribution in [3.05, 3.63) is 41.7 Å². The summed E-state index contributed by atoms with van der Waals surface area (Å²) < 4.78 is 32.8. The van der Waals surface area contributed by atoms with Gasteiger partial charge < -0.3 is 15.0 Å². The maximum absolute atomic E-state index is 12.1. The Kier molecular flexibility index (Phi) is 4.14. The second kappa shape index (κ2) is 6.14. The van der Waals surface area contributed by atoms with Gasteiger partial charge in [0, 0.05) is 11.9 Å². The summed E-state index contributed by atoms with van der Waals surface area (Å²) in [4.78, 5) is 12.0. The molecule has 25 heavy (non-hydrogen) atoms. The fraction of sp³-hybridized carbons (Fsp3) is 0.250. The molecule has 0 amide bonds. The van der Waals surface area contributed by atoms with Crippen LogP contribution in [0.5, 0.6) is 0 Å². The first-order valence-corrected chi connectivity index (χ1v) is 9.03. The Morgan fingerprint density at radius 1 is 1.44 bits per heavy atom. The molecule has 2 aromatic rings. The lowest BCUT2D eigenvalue weighted by Crippen LogP contribution is -2.17. The van der Waals surface area contributed by atoms with E-state index in [0.29, 0.717) is 24.2 Å². The van der Waals surface area contributed by atoms with Gasteiger partial charge in [-0.2, -0.15) is 5.26 Å². The highest BCUT2D eigenvalue weighted by atomic mass is 32.2. The molecule has 3 rings (SSSR count). The first kappa shape index (κ1) is 16.9. The minimum atomic E-state index is -3.41. The standard InChI is InChI=1S/C16H16N4O4S/c1-24-16(21)15-14(18)10(8-17)9-20(15)12-4-2-3-11(7-12)19-25(22,23)13-5-6-13/h2-4,7,9,13,19H,5-6,18H2,1H3. The Balaban J connectivity index is 2.04. The molecule has 3 N–H and O–H groups in total. The Labute approximate surface area is 144 Å². The van der Waals surface area contributed by atoms with Gasteiger partial charge in [-0.15, -0.1) is 0 Å². The van der Waals surface area contributed by atoms with Crippen LogP contribution < -0.4 is 10.5 Å². The summed E-state index contributed by atoms with van der Waals surface area (Å²) in [6, 6.07) is 8.40. The number of benzene rings is 1. The second-order valence-electron chi connectivity index (χ2n) is 5.68. The Bertz CT molecular complexity index is 984. The van der Waals surface area contributed by atoms with Gasteiger partial charge in [-0.3, -0.25) is 4.72 Å². The third-order valence-electron chi connectivity index (χ3n) is 3.89. The lowest BCUT2D eigenvalue weighted by atomic mass is 10.2. The van der Waals surface area contributed by atoms with Gasteiger partial charge in [0.25, 0.3) is 0 Å². The topological polar surface area (TPSA) is 127 Å². The molecule has 1 saturated carbocycles. The molecule has 9 heteroatoms. The first-order chi connectivity index (χ1) is 11.9. The van der Waals surface area contributed by atoms with Crippen LogP contribution in [0.2, 0.25) is 0 Å². The summed E-state index contributed by atoms with van der Waals surface area (Å²) in [5.41, 5.74) is 6.86. The Morgan fingerprint density at radius 3 is 2.76 bits per heavy atom. The molecule has 0 aliphatic heterocycles. The first-order valence-electron chi connectivity index (χ1n) is 7.48. The van der Waals surface area contributed by atoms with E-state index in [4.69, 9.17) is 15.7 Å². The van der Waals surface area contributed by atoms with Gasteiger partial charge in [-0.05, 0) is 31.0 Å². The van der Waals surface area contributed by atoms with Gasteiger partial charge in [-0.25, -0.2) is 13.2 Å². The SMILES string of the molecule is COC(=O)c1c(N)c(C#N)cn1-c1cccc(NS(=O)(=O)C2CC2)c1. The van der Waals surface area contributed by atoms with Gasteiger partial charge >= 0.3 is 5.97 Å². The number of nitriles is 1. The molecular weight excluding hydrogens is 344 g/mol. The van der Waals surface area contributed by atoms with E-state index in [9.17, 15) is 13.2 Å². The maximum Gasteiger partial charge on any atom is 0.357 e. The number of hydrogen-bond acceptors (Lipinski definition) is 6. The largest absolute Gasteiger partial charge is 0.464 e. The molecular formula is C16H16N4O4S. The van der Waals surface area contributed by atoms with Gasteiger partial charge in [-0.1, -0.05) is 6.07 Å². The number of esters is 1. The Morgan fingerprint density at radius 2 is 2.16 bits per heavy atom. The van der Waals surface area contributed by atoms with E-state index in [0.717, 1.165) is 0 Å². The maximum atomic E-state index is 12.1. The van der Waals surface area contributed by atoms with Crippen molar-refractivity contribution in [2.45, 2.75) is 18.1 Å². The van der Waals surface area contributed by atoms with Crippen molar-refractivity contribution in [2.24, 2.45) is 0 Å². The van der Waals surface area contributed by atoms with Crippen LogP contribution in [0.1, 0.15) is 28.9 Å². The predicted molar refractivity (Wildman–Crippen MR) is 91.8 cm³/mol. The second-order valence-corrected chi connectivity index (χ2v) is 7.64. The van der Waals surface area contributed by atoms with Crippen molar-refractivity contribution >= 4 is 27.4 Å². The van der Waals surface area contributed by atoms with E-state index in [2.05, 4.69) is 4.72 Å². The van der Waals surface area contributed by atoms with Crippen LogP contribution in [0, 0.1) is 11.3 Å². The van der Waals surface area contributed by atoms with Gasteiger partial charge in [0.05, 0.1) is 29.3 Å². The number of nitrogens with one attached hydrogen (secondary N) is 1. The number of carbonyl (C=O) groups is 1. The van der Waals surface area contributed by atoms with Crippen LogP contribution in [0.25, 0.3) is 5.69 Å². The molecule has 0 atom stereocenters. The fourth-order valence-corrected chi connectivity index (χ4v) is 3.84. The summed E-state index contributed by atoms with van der Waals surface area (Å²) >= 11 is 0. The lowest BCUT2D eigenvalue weighted by Gasteiger charge is -2.11. The molecule has 0 spiro atoms.